The number of halogens is 2. The van der Waals surface area contributed by atoms with Crippen LogP contribution in [0.2, 0.25) is 10.0 Å². The van der Waals surface area contributed by atoms with Crippen LogP contribution in [-0.2, 0) is 9.53 Å². The van der Waals surface area contributed by atoms with E-state index in [-0.39, 0.29) is 6.10 Å². The van der Waals surface area contributed by atoms with Crippen LogP contribution >= 0.6 is 35.0 Å². The lowest BCUT2D eigenvalue weighted by Crippen LogP contribution is -2.21. The van der Waals surface area contributed by atoms with Crippen LogP contribution < -0.4 is 0 Å². The van der Waals surface area contributed by atoms with Crippen molar-refractivity contribution in [1.82, 2.24) is 0 Å². The molecular weight excluding hydrogens is 295 g/mol. The van der Waals surface area contributed by atoms with Crippen molar-refractivity contribution < 1.29 is 14.6 Å². The normalized spacial score (nSPS) is 23.2. The van der Waals surface area contributed by atoms with E-state index in [0.717, 1.165) is 11.3 Å². The van der Waals surface area contributed by atoms with Gasteiger partial charge in [0.1, 0.15) is 0 Å². The highest BCUT2D eigenvalue weighted by Gasteiger charge is 2.30. The summed E-state index contributed by atoms with van der Waals surface area (Å²) >= 11 is 13.5. The Morgan fingerprint density at radius 3 is 2.89 bits per heavy atom. The Morgan fingerprint density at radius 2 is 2.22 bits per heavy atom. The molecule has 0 saturated carbocycles. The fourth-order valence-electron chi connectivity index (χ4n) is 1.78. The Hall–Kier alpha value is -0.420. The van der Waals surface area contributed by atoms with E-state index < -0.39 is 12.1 Å². The molecule has 0 aliphatic carbocycles. The summed E-state index contributed by atoms with van der Waals surface area (Å²) in [5.41, 5.74) is 0. The second-order valence-corrected chi connectivity index (χ2v) is 5.95. The maximum absolute atomic E-state index is 10.7. The third-order valence-corrected chi connectivity index (χ3v) is 4.56. The van der Waals surface area contributed by atoms with E-state index in [4.69, 9.17) is 33.0 Å². The summed E-state index contributed by atoms with van der Waals surface area (Å²) in [7, 11) is 0. The average Bonchev–Trinajstić information content (AvgIpc) is 2.79. The summed E-state index contributed by atoms with van der Waals surface area (Å²) < 4.78 is 5.42. The van der Waals surface area contributed by atoms with Crippen molar-refractivity contribution in [3.63, 3.8) is 0 Å². The first-order valence-corrected chi connectivity index (χ1v) is 7.26. The summed E-state index contributed by atoms with van der Waals surface area (Å²) in [6.07, 6.45) is 0.642. The van der Waals surface area contributed by atoms with Gasteiger partial charge in [-0.15, -0.1) is 11.8 Å². The number of carboxylic acid groups (broad SMARTS) is 1. The molecule has 1 aliphatic rings. The van der Waals surface area contributed by atoms with Gasteiger partial charge in [0.15, 0.2) is 6.10 Å². The van der Waals surface area contributed by atoms with Gasteiger partial charge in [0, 0.05) is 15.7 Å². The number of hydrogen-bond donors (Lipinski definition) is 1. The quantitative estimate of drug-likeness (QED) is 0.861. The van der Waals surface area contributed by atoms with Gasteiger partial charge in [-0.25, -0.2) is 4.79 Å². The first-order valence-electron chi connectivity index (χ1n) is 5.52. The van der Waals surface area contributed by atoms with Crippen LogP contribution in [0.1, 0.15) is 12.8 Å². The molecule has 1 aromatic carbocycles. The zero-order chi connectivity index (χ0) is 13.1. The fraction of sp³-hybridized carbons (Fsp3) is 0.417. The van der Waals surface area contributed by atoms with E-state index in [2.05, 4.69) is 0 Å². The van der Waals surface area contributed by atoms with Crippen molar-refractivity contribution in [2.45, 2.75) is 29.9 Å². The maximum atomic E-state index is 10.7. The van der Waals surface area contributed by atoms with Gasteiger partial charge in [0.05, 0.1) is 11.1 Å². The van der Waals surface area contributed by atoms with E-state index in [1.165, 1.54) is 11.8 Å². The summed E-state index contributed by atoms with van der Waals surface area (Å²) in [5.74, 6) is -0.201. The van der Waals surface area contributed by atoms with Crippen molar-refractivity contribution in [3.05, 3.63) is 28.2 Å². The van der Waals surface area contributed by atoms with Crippen LogP contribution in [0.3, 0.4) is 0 Å². The molecular formula is C12H12Cl2O3S. The molecule has 2 rings (SSSR count). The predicted molar refractivity (Wildman–Crippen MR) is 72.7 cm³/mol. The molecule has 98 valence electrons. The van der Waals surface area contributed by atoms with Crippen molar-refractivity contribution >= 4 is 40.9 Å². The van der Waals surface area contributed by atoms with Gasteiger partial charge in [0.2, 0.25) is 0 Å². The van der Waals surface area contributed by atoms with Gasteiger partial charge in [-0.1, -0.05) is 23.2 Å². The smallest absolute Gasteiger partial charge is 0.332 e. The number of carbonyl (C=O) groups is 1. The number of aliphatic carboxylic acids is 1. The van der Waals surface area contributed by atoms with Crippen molar-refractivity contribution in [2.24, 2.45) is 0 Å². The number of ether oxygens (including phenoxy) is 1. The molecule has 0 spiro atoms. The standard InChI is InChI=1S/C12H12Cl2O3S/c13-7-1-3-9(14)11(5-7)18-6-8-2-4-10(17-8)12(15)16/h1,3,5,8,10H,2,4,6H2,(H,15,16). The minimum atomic E-state index is -0.886. The molecule has 0 amide bonds. The maximum Gasteiger partial charge on any atom is 0.332 e. The Bertz CT molecular complexity index is 453. The first kappa shape index (κ1) is 14.0. The molecule has 1 aliphatic heterocycles. The molecule has 1 aromatic rings. The summed E-state index contributed by atoms with van der Waals surface area (Å²) in [6.45, 7) is 0. The number of thioether (sulfide) groups is 1. The van der Waals surface area contributed by atoms with Gasteiger partial charge in [-0.3, -0.25) is 0 Å². The summed E-state index contributed by atoms with van der Waals surface area (Å²) in [4.78, 5) is 11.6. The Labute approximate surface area is 119 Å². The zero-order valence-corrected chi connectivity index (χ0v) is 11.8. The number of hydrogen-bond acceptors (Lipinski definition) is 3. The number of rotatable bonds is 4. The Balaban J connectivity index is 1.89. The summed E-state index contributed by atoms with van der Waals surface area (Å²) in [6, 6.07) is 5.29. The topological polar surface area (TPSA) is 46.5 Å². The van der Waals surface area contributed by atoms with E-state index in [9.17, 15) is 4.79 Å². The SMILES string of the molecule is O=C(O)C1CCC(CSc2cc(Cl)ccc2Cl)O1. The van der Waals surface area contributed by atoms with E-state index >= 15 is 0 Å². The van der Waals surface area contributed by atoms with Crippen LogP contribution in [0.4, 0.5) is 0 Å². The highest BCUT2D eigenvalue weighted by atomic mass is 35.5. The molecule has 0 bridgehead atoms. The Morgan fingerprint density at radius 1 is 1.44 bits per heavy atom. The molecule has 6 heteroatoms. The predicted octanol–water partition coefficient (Wildman–Crippen LogP) is 3.72. The number of carboxylic acids is 1. The van der Waals surface area contributed by atoms with Crippen LogP contribution in [-0.4, -0.2) is 29.0 Å². The van der Waals surface area contributed by atoms with Gasteiger partial charge in [0.25, 0.3) is 0 Å². The molecule has 3 nitrogen and oxygen atoms in total. The first-order chi connectivity index (χ1) is 8.56. The lowest BCUT2D eigenvalue weighted by Gasteiger charge is -2.11. The monoisotopic (exact) mass is 306 g/mol. The molecule has 1 heterocycles. The highest BCUT2D eigenvalue weighted by Crippen LogP contribution is 2.32. The van der Waals surface area contributed by atoms with Gasteiger partial charge >= 0.3 is 5.97 Å². The molecule has 2 atom stereocenters. The zero-order valence-electron chi connectivity index (χ0n) is 9.44. The fourth-order valence-corrected chi connectivity index (χ4v) is 3.33. The Kier molecular flexibility index (Phi) is 4.78. The van der Waals surface area contributed by atoms with Crippen molar-refractivity contribution in [3.8, 4) is 0 Å². The van der Waals surface area contributed by atoms with Crippen molar-refractivity contribution in [1.29, 1.82) is 0 Å². The van der Waals surface area contributed by atoms with Gasteiger partial charge in [-0.05, 0) is 31.0 Å². The van der Waals surface area contributed by atoms with Crippen LogP contribution in [0.5, 0.6) is 0 Å². The van der Waals surface area contributed by atoms with Crippen LogP contribution in [0, 0.1) is 0 Å². The third kappa shape index (κ3) is 3.54. The second kappa shape index (κ2) is 6.15. The van der Waals surface area contributed by atoms with Crippen LogP contribution in [0.25, 0.3) is 0 Å². The molecule has 1 N–H and O–H groups in total. The molecule has 0 radical (unpaired) electrons. The lowest BCUT2D eigenvalue weighted by molar-refractivity contribution is -0.148. The van der Waals surface area contributed by atoms with E-state index in [0.29, 0.717) is 22.2 Å². The van der Waals surface area contributed by atoms with Gasteiger partial charge in [-0.2, -0.15) is 0 Å². The molecule has 1 fully saturated rings. The average molecular weight is 307 g/mol. The van der Waals surface area contributed by atoms with E-state index in [1.807, 2.05) is 0 Å². The number of benzene rings is 1. The molecule has 0 aromatic heterocycles. The largest absolute Gasteiger partial charge is 0.479 e. The minimum absolute atomic E-state index is 0.0360. The third-order valence-electron chi connectivity index (χ3n) is 2.70. The lowest BCUT2D eigenvalue weighted by atomic mass is 10.2. The molecule has 1 saturated heterocycles. The minimum Gasteiger partial charge on any atom is -0.479 e. The van der Waals surface area contributed by atoms with Crippen molar-refractivity contribution in [2.75, 3.05) is 5.75 Å². The highest BCUT2D eigenvalue weighted by molar-refractivity contribution is 7.99. The molecule has 18 heavy (non-hydrogen) atoms. The second-order valence-electron chi connectivity index (χ2n) is 4.05. The molecule has 2 unspecified atom stereocenters. The summed E-state index contributed by atoms with van der Waals surface area (Å²) in [5, 5.41) is 10.1. The van der Waals surface area contributed by atoms with E-state index in [1.54, 1.807) is 18.2 Å². The van der Waals surface area contributed by atoms with Crippen LogP contribution in [0.15, 0.2) is 23.1 Å². The van der Waals surface area contributed by atoms with Gasteiger partial charge < -0.3 is 9.84 Å².